The Hall–Kier alpha value is -4.16. The van der Waals surface area contributed by atoms with Crippen molar-refractivity contribution in [1.29, 1.82) is 0 Å². The van der Waals surface area contributed by atoms with Crippen molar-refractivity contribution in [3.63, 3.8) is 0 Å². The van der Waals surface area contributed by atoms with Crippen LogP contribution in [0.25, 0.3) is 0 Å². The minimum atomic E-state index is -0.883. The predicted octanol–water partition coefficient (Wildman–Crippen LogP) is 4.06. The molecule has 3 aromatic rings. The average molecular weight is 565 g/mol. The van der Waals surface area contributed by atoms with E-state index in [1.807, 2.05) is 57.2 Å². The molecule has 0 bridgehead atoms. The molecule has 0 unspecified atom stereocenters. The number of anilines is 2. The molecule has 12 nitrogen and oxygen atoms in total. The summed E-state index contributed by atoms with van der Waals surface area (Å²) in [6.07, 6.45) is -1.92. The summed E-state index contributed by atoms with van der Waals surface area (Å²) >= 11 is 0. The summed E-state index contributed by atoms with van der Waals surface area (Å²) in [6, 6.07) is 12.8. The third-order valence-electron chi connectivity index (χ3n) is 7.75. The van der Waals surface area contributed by atoms with Crippen molar-refractivity contribution in [2.75, 3.05) is 31.5 Å². The standard InChI is InChI=1S/C29H36N6O6/c1-18-13-22(16-33-11-12-34(28(37)38)19(2)15-33)20(3)23(14-18)30-27-32-31-26(41-27)25-24(36)9-10-35(25)29(39)40-17-21-7-5-4-6-8-21/h4-8,13-14,19,24-25,36H,9-12,15-17H2,1-3H3,(H,30,32)(H,37,38)/t19-,24+,25-/m0/s1. The summed E-state index contributed by atoms with van der Waals surface area (Å²) in [5, 5.41) is 31.5. The number of benzene rings is 2. The molecule has 2 aromatic carbocycles. The fraction of sp³-hybridized carbons (Fsp3) is 0.448. The lowest BCUT2D eigenvalue weighted by atomic mass is 10.0. The number of amides is 2. The number of carbonyl (C=O) groups is 2. The zero-order valence-corrected chi connectivity index (χ0v) is 23.5. The molecule has 2 aliphatic rings. The Morgan fingerprint density at radius 2 is 1.88 bits per heavy atom. The quantitative estimate of drug-likeness (QED) is 0.384. The van der Waals surface area contributed by atoms with Crippen LogP contribution in [0.15, 0.2) is 46.9 Å². The number of likely N-dealkylation sites (tertiary alicyclic amines) is 1. The molecule has 1 aromatic heterocycles. The van der Waals surface area contributed by atoms with Crippen LogP contribution in [0.3, 0.4) is 0 Å². The third kappa shape index (κ3) is 6.44. The topological polar surface area (TPSA) is 144 Å². The Labute approximate surface area is 238 Å². The molecule has 2 saturated heterocycles. The van der Waals surface area contributed by atoms with Gasteiger partial charge in [0.25, 0.3) is 0 Å². The maximum Gasteiger partial charge on any atom is 0.410 e. The zero-order valence-electron chi connectivity index (χ0n) is 23.5. The average Bonchev–Trinajstić information content (AvgIpc) is 3.56. The number of aliphatic hydroxyl groups is 1. The molecule has 0 radical (unpaired) electrons. The van der Waals surface area contributed by atoms with Crippen LogP contribution in [-0.2, 0) is 17.9 Å². The van der Waals surface area contributed by atoms with E-state index >= 15 is 0 Å². The van der Waals surface area contributed by atoms with Gasteiger partial charge in [0.15, 0.2) is 0 Å². The normalized spacial score (nSPS) is 21.2. The molecule has 2 aliphatic heterocycles. The van der Waals surface area contributed by atoms with Crippen molar-refractivity contribution in [3.05, 3.63) is 70.6 Å². The van der Waals surface area contributed by atoms with Crippen LogP contribution in [0.2, 0.25) is 0 Å². The lowest BCUT2D eigenvalue weighted by Gasteiger charge is -2.38. The largest absolute Gasteiger partial charge is 0.465 e. The van der Waals surface area contributed by atoms with E-state index in [2.05, 4.69) is 26.5 Å². The van der Waals surface area contributed by atoms with Crippen LogP contribution in [0, 0.1) is 13.8 Å². The third-order valence-corrected chi connectivity index (χ3v) is 7.75. The van der Waals surface area contributed by atoms with Crippen LogP contribution in [0.5, 0.6) is 0 Å². The number of carboxylic acid groups (broad SMARTS) is 1. The van der Waals surface area contributed by atoms with E-state index in [-0.39, 0.29) is 24.6 Å². The predicted molar refractivity (Wildman–Crippen MR) is 150 cm³/mol. The van der Waals surface area contributed by atoms with Gasteiger partial charge in [0.05, 0.1) is 6.10 Å². The highest BCUT2D eigenvalue weighted by molar-refractivity contribution is 5.69. The van der Waals surface area contributed by atoms with Crippen molar-refractivity contribution >= 4 is 23.9 Å². The summed E-state index contributed by atoms with van der Waals surface area (Å²) in [7, 11) is 0. The molecule has 12 heteroatoms. The molecule has 5 rings (SSSR count). The van der Waals surface area contributed by atoms with Gasteiger partial charge in [-0.3, -0.25) is 9.80 Å². The molecule has 41 heavy (non-hydrogen) atoms. The number of hydrogen-bond donors (Lipinski definition) is 3. The van der Waals surface area contributed by atoms with Crippen molar-refractivity contribution in [2.45, 2.75) is 58.5 Å². The highest BCUT2D eigenvalue weighted by Crippen LogP contribution is 2.34. The second kappa shape index (κ2) is 12.1. The monoisotopic (exact) mass is 564 g/mol. The van der Waals surface area contributed by atoms with Gasteiger partial charge in [-0.15, -0.1) is 5.10 Å². The lowest BCUT2D eigenvalue weighted by Crippen LogP contribution is -2.53. The molecule has 0 aliphatic carbocycles. The Morgan fingerprint density at radius 1 is 1.10 bits per heavy atom. The second-order valence-corrected chi connectivity index (χ2v) is 10.8. The molecule has 2 fully saturated rings. The summed E-state index contributed by atoms with van der Waals surface area (Å²) < 4.78 is 11.4. The van der Waals surface area contributed by atoms with Crippen LogP contribution >= 0.6 is 0 Å². The number of aryl methyl sites for hydroxylation is 1. The molecule has 218 valence electrons. The van der Waals surface area contributed by atoms with Crippen LogP contribution in [0.4, 0.5) is 21.3 Å². The fourth-order valence-corrected chi connectivity index (χ4v) is 5.53. The van der Waals surface area contributed by atoms with E-state index in [0.29, 0.717) is 39.1 Å². The second-order valence-electron chi connectivity index (χ2n) is 10.8. The molecule has 0 saturated carbocycles. The number of ether oxygens (including phenoxy) is 1. The van der Waals surface area contributed by atoms with Crippen LogP contribution in [0.1, 0.15) is 47.5 Å². The zero-order chi connectivity index (χ0) is 29.1. The van der Waals surface area contributed by atoms with Gasteiger partial charge in [-0.25, -0.2) is 9.59 Å². The maximum absolute atomic E-state index is 12.9. The number of hydrogen-bond acceptors (Lipinski definition) is 9. The van der Waals surface area contributed by atoms with Crippen LogP contribution < -0.4 is 5.32 Å². The molecule has 3 heterocycles. The van der Waals surface area contributed by atoms with E-state index in [1.165, 1.54) is 9.80 Å². The van der Waals surface area contributed by atoms with Gasteiger partial charge in [0, 0.05) is 44.5 Å². The number of aliphatic hydroxyl groups excluding tert-OH is 1. The van der Waals surface area contributed by atoms with Gasteiger partial charge in [-0.1, -0.05) is 41.5 Å². The molecule has 0 spiro atoms. The Bertz CT molecular complexity index is 1380. The molecular formula is C29H36N6O6. The summed E-state index contributed by atoms with van der Waals surface area (Å²) in [4.78, 5) is 29.4. The van der Waals surface area contributed by atoms with Crippen LogP contribution in [-0.4, -0.2) is 85.6 Å². The van der Waals surface area contributed by atoms with Gasteiger partial charge in [0.1, 0.15) is 12.6 Å². The number of nitrogens with one attached hydrogen (secondary N) is 1. The first-order valence-corrected chi connectivity index (χ1v) is 13.8. The molecule has 2 amide bonds. The van der Waals surface area contributed by atoms with E-state index in [9.17, 15) is 19.8 Å². The Balaban J connectivity index is 1.26. The molecule has 3 atom stereocenters. The van der Waals surface area contributed by atoms with Gasteiger partial charge in [-0.2, -0.15) is 0 Å². The Morgan fingerprint density at radius 3 is 2.61 bits per heavy atom. The van der Waals surface area contributed by atoms with E-state index < -0.39 is 24.3 Å². The van der Waals surface area contributed by atoms with E-state index in [4.69, 9.17) is 9.15 Å². The minimum absolute atomic E-state index is 0.0816. The number of nitrogens with zero attached hydrogens (tertiary/aromatic N) is 5. The van der Waals surface area contributed by atoms with Gasteiger partial charge >= 0.3 is 18.2 Å². The Kier molecular flexibility index (Phi) is 8.41. The van der Waals surface area contributed by atoms with Crippen molar-refractivity contribution < 1.29 is 29.0 Å². The lowest BCUT2D eigenvalue weighted by molar-refractivity contribution is 0.0629. The fourth-order valence-electron chi connectivity index (χ4n) is 5.53. The van der Waals surface area contributed by atoms with Gasteiger partial charge in [0.2, 0.25) is 5.89 Å². The van der Waals surface area contributed by atoms with Crippen molar-refractivity contribution in [1.82, 2.24) is 24.9 Å². The van der Waals surface area contributed by atoms with E-state index in [1.54, 1.807) is 0 Å². The molecular weight excluding hydrogens is 528 g/mol. The minimum Gasteiger partial charge on any atom is -0.465 e. The van der Waals surface area contributed by atoms with Gasteiger partial charge < -0.3 is 29.6 Å². The first-order valence-electron chi connectivity index (χ1n) is 13.8. The van der Waals surface area contributed by atoms with Crippen molar-refractivity contribution in [3.8, 4) is 0 Å². The summed E-state index contributed by atoms with van der Waals surface area (Å²) in [6.45, 7) is 8.85. The smallest absolute Gasteiger partial charge is 0.410 e. The number of rotatable bonds is 7. The summed E-state index contributed by atoms with van der Waals surface area (Å²) in [5.41, 5.74) is 4.84. The SMILES string of the molecule is Cc1cc(CN2CCN(C(=O)O)[C@@H](C)C2)c(C)c(Nc2nnc([C@@H]3[C@H](O)CCN3C(=O)OCc3ccccc3)o2)c1. The highest BCUT2D eigenvalue weighted by atomic mass is 16.6. The van der Waals surface area contributed by atoms with Gasteiger partial charge in [-0.05, 0) is 55.5 Å². The first kappa shape index (κ1) is 28.4. The molecule has 3 N–H and O–H groups in total. The highest BCUT2D eigenvalue weighted by Gasteiger charge is 2.41. The van der Waals surface area contributed by atoms with Crippen molar-refractivity contribution in [2.24, 2.45) is 0 Å². The summed E-state index contributed by atoms with van der Waals surface area (Å²) in [5.74, 6) is 0.130. The first-order chi connectivity index (χ1) is 19.7. The number of piperazine rings is 1. The number of carbonyl (C=O) groups excluding carboxylic acids is 1. The van der Waals surface area contributed by atoms with E-state index in [0.717, 1.165) is 27.9 Å². The number of aromatic nitrogens is 2. The maximum atomic E-state index is 12.9.